The van der Waals surface area contributed by atoms with Crippen molar-refractivity contribution in [2.45, 2.75) is 27.7 Å². The highest BCUT2D eigenvalue weighted by Gasteiger charge is 2.38. The highest BCUT2D eigenvalue weighted by molar-refractivity contribution is 6.15. The third kappa shape index (κ3) is 2.64. The lowest BCUT2D eigenvalue weighted by atomic mass is 10.1. The summed E-state index contributed by atoms with van der Waals surface area (Å²) in [6.45, 7) is 5.67. The molecule has 1 heterocycles. The lowest BCUT2D eigenvalue weighted by Gasteiger charge is -2.32. The van der Waals surface area contributed by atoms with E-state index >= 15 is 0 Å². The largest absolute Gasteiger partial charge is 0.277 e. The molecule has 0 aliphatic carbocycles. The Labute approximate surface area is 105 Å². The number of nitrogens with zero attached hydrogens (tertiary/aromatic N) is 2. The van der Waals surface area contributed by atoms with Crippen LogP contribution in [0.2, 0.25) is 0 Å². The fraction of sp³-hybridized carbons (Fsp3) is 0.500. The first-order valence-electron chi connectivity index (χ1n) is 5.63. The van der Waals surface area contributed by atoms with E-state index in [-0.39, 0.29) is 18.2 Å². The summed E-state index contributed by atoms with van der Waals surface area (Å²) in [6.07, 6.45) is 1.51. The first-order valence-corrected chi connectivity index (χ1v) is 5.63. The van der Waals surface area contributed by atoms with Gasteiger partial charge in [0.2, 0.25) is 11.8 Å². The Hall–Kier alpha value is -1.98. The number of carbonyl (C=O) groups excluding carboxylic acids is 4. The number of hydrogen-bond donors (Lipinski definition) is 0. The van der Waals surface area contributed by atoms with Crippen LogP contribution in [0.4, 0.5) is 0 Å². The van der Waals surface area contributed by atoms with Gasteiger partial charge >= 0.3 is 0 Å². The number of amides is 4. The van der Waals surface area contributed by atoms with Crippen molar-refractivity contribution in [3.8, 4) is 0 Å². The van der Waals surface area contributed by atoms with E-state index in [1.54, 1.807) is 0 Å². The van der Waals surface area contributed by atoms with E-state index in [0.29, 0.717) is 0 Å². The van der Waals surface area contributed by atoms with Gasteiger partial charge in [0, 0.05) is 13.8 Å². The molecule has 1 aliphatic rings. The Balaban J connectivity index is 3.26. The van der Waals surface area contributed by atoms with Crippen LogP contribution in [0.25, 0.3) is 0 Å². The maximum atomic E-state index is 12.1. The minimum Gasteiger partial charge on any atom is -0.275 e. The molecule has 1 fully saturated rings. The number of imide groups is 2. The highest BCUT2D eigenvalue weighted by Crippen LogP contribution is 2.18. The monoisotopic (exact) mass is 252 g/mol. The van der Waals surface area contributed by atoms with Crippen molar-refractivity contribution >= 4 is 23.6 Å². The van der Waals surface area contributed by atoms with Gasteiger partial charge in [0.15, 0.2) is 0 Å². The molecule has 18 heavy (non-hydrogen) atoms. The second-order valence-electron chi connectivity index (χ2n) is 4.45. The Morgan fingerprint density at radius 1 is 1.17 bits per heavy atom. The summed E-state index contributed by atoms with van der Waals surface area (Å²) in [7, 11) is 0. The Bertz CT molecular complexity index is 451. The lowest BCUT2D eigenvalue weighted by Crippen LogP contribution is -2.55. The van der Waals surface area contributed by atoms with Crippen LogP contribution in [0.5, 0.6) is 0 Å². The second-order valence-corrected chi connectivity index (χ2v) is 4.45. The third-order valence-corrected chi connectivity index (χ3v) is 2.43. The van der Waals surface area contributed by atoms with Gasteiger partial charge in [0.1, 0.15) is 12.2 Å². The van der Waals surface area contributed by atoms with E-state index in [1.807, 2.05) is 13.8 Å². The van der Waals surface area contributed by atoms with Crippen LogP contribution < -0.4 is 0 Å². The Kier molecular flexibility index (Phi) is 4.00. The number of piperazine rings is 1. The van der Waals surface area contributed by atoms with Gasteiger partial charge in [-0.05, 0) is 5.92 Å². The molecule has 1 rings (SSSR count). The molecule has 4 amide bonds. The molecule has 98 valence electrons. The Morgan fingerprint density at radius 2 is 1.72 bits per heavy atom. The van der Waals surface area contributed by atoms with Gasteiger partial charge in [0.25, 0.3) is 11.8 Å². The molecule has 0 aromatic carbocycles. The van der Waals surface area contributed by atoms with E-state index in [1.165, 1.54) is 19.9 Å². The molecular weight excluding hydrogens is 236 g/mol. The van der Waals surface area contributed by atoms with Gasteiger partial charge in [-0.3, -0.25) is 24.1 Å². The maximum absolute atomic E-state index is 12.1. The molecule has 0 N–H and O–H groups in total. The van der Waals surface area contributed by atoms with E-state index in [2.05, 4.69) is 0 Å². The molecule has 6 nitrogen and oxygen atoms in total. The van der Waals surface area contributed by atoms with Crippen molar-refractivity contribution in [3.63, 3.8) is 0 Å². The second kappa shape index (κ2) is 5.12. The summed E-state index contributed by atoms with van der Waals surface area (Å²) in [4.78, 5) is 48.3. The molecule has 1 saturated heterocycles. The number of allylic oxidation sites excluding steroid dienone is 1. The van der Waals surface area contributed by atoms with Crippen LogP contribution in [0.15, 0.2) is 11.8 Å². The smallest absolute Gasteiger partial charge is 0.275 e. The molecule has 0 atom stereocenters. The van der Waals surface area contributed by atoms with Crippen LogP contribution in [0, 0.1) is 5.92 Å². The van der Waals surface area contributed by atoms with Gasteiger partial charge in [-0.25, -0.2) is 4.90 Å². The first kappa shape index (κ1) is 14.1. The number of carbonyl (C=O) groups is 4. The lowest BCUT2D eigenvalue weighted by molar-refractivity contribution is -0.157. The fourth-order valence-corrected chi connectivity index (χ4v) is 1.71. The Morgan fingerprint density at radius 3 is 2.11 bits per heavy atom. The van der Waals surface area contributed by atoms with Crippen LogP contribution in [0.1, 0.15) is 27.7 Å². The van der Waals surface area contributed by atoms with Crippen molar-refractivity contribution in [3.05, 3.63) is 11.8 Å². The molecule has 6 heteroatoms. The topological polar surface area (TPSA) is 74.8 Å². The van der Waals surface area contributed by atoms with Crippen LogP contribution in [0.3, 0.4) is 0 Å². The quantitative estimate of drug-likeness (QED) is 0.629. The molecular formula is C12H16N2O4. The van der Waals surface area contributed by atoms with Crippen molar-refractivity contribution in [1.82, 2.24) is 9.80 Å². The van der Waals surface area contributed by atoms with Crippen LogP contribution in [-0.4, -0.2) is 40.0 Å². The van der Waals surface area contributed by atoms with Crippen molar-refractivity contribution in [1.29, 1.82) is 0 Å². The standard InChI is InChI=1S/C12H16N2O4/c1-7(2)5-10-12(18)13(8(3)15)6-11(17)14(10)9(4)16/h5,7H,6H2,1-4H3/b10-5-. The molecule has 0 radical (unpaired) electrons. The minimum atomic E-state index is -0.606. The molecule has 0 aromatic heterocycles. The van der Waals surface area contributed by atoms with Crippen molar-refractivity contribution in [2.24, 2.45) is 5.92 Å². The van der Waals surface area contributed by atoms with Crippen molar-refractivity contribution < 1.29 is 19.2 Å². The average Bonchev–Trinajstić information content (AvgIpc) is 2.21. The van der Waals surface area contributed by atoms with E-state index in [4.69, 9.17) is 0 Å². The molecule has 0 spiro atoms. The number of hydrogen-bond acceptors (Lipinski definition) is 4. The molecule has 0 aromatic rings. The summed E-state index contributed by atoms with van der Waals surface area (Å²) in [5.41, 5.74) is -0.0380. The van der Waals surface area contributed by atoms with Gasteiger partial charge in [0.05, 0.1) is 0 Å². The normalized spacial score (nSPS) is 18.8. The molecule has 0 unspecified atom stereocenters. The summed E-state index contributed by atoms with van der Waals surface area (Å²) < 4.78 is 0. The zero-order valence-corrected chi connectivity index (χ0v) is 10.9. The third-order valence-electron chi connectivity index (χ3n) is 2.43. The minimum absolute atomic E-state index is 0.0227. The van der Waals surface area contributed by atoms with Gasteiger partial charge < -0.3 is 0 Å². The maximum Gasteiger partial charge on any atom is 0.277 e. The molecule has 0 bridgehead atoms. The predicted octanol–water partition coefficient (Wildman–Crippen LogP) is 0.290. The summed E-state index contributed by atoms with van der Waals surface area (Å²) >= 11 is 0. The molecule has 1 aliphatic heterocycles. The van der Waals surface area contributed by atoms with Gasteiger partial charge in [-0.1, -0.05) is 19.9 Å². The van der Waals surface area contributed by atoms with Crippen molar-refractivity contribution in [2.75, 3.05) is 6.54 Å². The van der Waals surface area contributed by atoms with E-state index < -0.39 is 23.6 Å². The highest BCUT2D eigenvalue weighted by atomic mass is 16.2. The average molecular weight is 252 g/mol. The zero-order valence-electron chi connectivity index (χ0n) is 10.9. The first-order chi connectivity index (χ1) is 8.25. The predicted molar refractivity (Wildman–Crippen MR) is 62.8 cm³/mol. The summed E-state index contributed by atoms with van der Waals surface area (Å²) in [5.74, 6) is -2.23. The van der Waals surface area contributed by atoms with Crippen LogP contribution in [-0.2, 0) is 19.2 Å². The van der Waals surface area contributed by atoms with Crippen LogP contribution >= 0.6 is 0 Å². The zero-order chi connectivity index (χ0) is 14.0. The van der Waals surface area contributed by atoms with E-state index in [0.717, 1.165) is 9.80 Å². The SMILES string of the molecule is CC(=O)N1CC(=O)N(C(C)=O)/C(=C\C(C)C)C1=O. The summed E-state index contributed by atoms with van der Waals surface area (Å²) in [5, 5.41) is 0. The van der Waals surface area contributed by atoms with Gasteiger partial charge in [-0.2, -0.15) is 0 Å². The fourth-order valence-electron chi connectivity index (χ4n) is 1.71. The summed E-state index contributed by atoms with van der Waals surface area (Å²) in [6, 6.07) is 0. The van der Waals surface area contributed by atoms with Gasteiger partial charge in [-0.15, -0.1) is 0 Å². The van der Waals surface area contributed by atoms with E-state index in [9.17, 15) is 19.2 Å². The molecule has 0 saturated carbocycles. The number of rotatable bonds is 1.